The molecule has 1 fully saturated rings. The summed E-state index contributed by atoms with van der Waals surface area (Å²) in [5, 5.41) is 3.10. The van der Waals surface area contributed by atoms with E-state index in [0.717, 1.165) is 13.0 Å². The molecule has 0 aliphatic heterocycles. The Morgan fingerprint density at radius 2 is 2.07 bits per heavy atom. The molecule has 15 heavy (non-hydrogen) atoms. The standard InChI is InChI=1S/C12H23NO2/c1-15-8-7-13-10-12(14)9-11-5-3-2-4-6-11/h11,13H,2-10H2,1H3. The molecule has 1 rings (SSSR count). The van der Waals surface area contributed by atoms with Gasteiger partial charge in [-0.25, -0.2) is 0 Å². The predicted octanol–water partition coefficient (Wildman–Crippen LogP) is 1.76. The Morgan fingerprint density at radius 1 is 1.33 bits per heavy atom. The van der Waals surface area contributed by atoms with Crippen molar-refractivity contribution < 1.29 is 9.53 Å². The molecule has 1 aliphatic carbocycles. The number of methoxy groups -OCH3 is 1. The van der Waals surface area contributed by atoms with E-state index >= 15 is 0 Å². The minimum absolute atomic E-state index is 0.359. The molecule has 3 heteroatoms. The Kier molecular flexibility index (Phi) is 6.60. The van der Waals surface area contributed by atoms with Gasteiger partial charge in [0.25, 0.3) is 0 Å². The molecular weight excluding hydrogens is 190 g/mol. The van der Waals surface area contributed by atoms with Crippen molar-refractivity contribution in [3.05, 3.63) is 0 Å². The quantitative estimate of drug-likeness (QED) is 0.655. The lowest BCUT2D eigenvalue weighted by Crippen LogP contribution is -2.27. The van der Waals surface area contributed by atoms with Crippen LogP contribution < -0.4 is 5.32 Å². The Balaban J connectivity index is 2.01. The van der Waals surface area contributed by atoms with E-state index in [-0.39, 0.29) is 0 Å². The lowest BCUT2D eigenvalue weighted by molar-refractivity contribution is -0.119. The number of carbonyl (C=O) groups excluding carboxylic acids is 1. The van der Waals surface area contributed by atoms with Crippen molar-refractivity contribution in [1.29, 1.82) is 0 Å². The average Bonchev–Trinajstić information content (AvgIpc) is 2.26. The van der Waals surface area contributed by atoms with Gasteiger partial charge >= 0.3 is 0 Å². The van der Waals surface area contributed by atoms with Crippen molar-refractivity contribution in [1.82, 2.24) is 5.32 Å². The van der Waals surface area contributed by atoms with E-state index in [1.54, 1.807) is 7.11 Å². The first-order valence-electron chi connectivity index (χ1n) is 6.04. The van der Waals surface area contributed by atoms with Gasteiger partial charge < -0.3 is 10.1 Å². The summed E-state index contributed by atoms with van der Waals surface area (Å²) < 4.78 is 4.90. The molecule has 1 N–H and O–H groups in total. The number of rotatable bonds is 7. The minimum Gasteiger partial charge on any atom is -0.383 e. The van der Waals surface area contributed by atoms with Gasteiger partial charge in [0, 0.05) is 20.1 Å². The summed E-state index contributed by atoms with van der Waals surface area (Å²) in [5.74, 6) is 1.02. The van der Waals surface area contributed by atoms with Gasteiger partial charge in [0.05, 0.1) is 13.2 Å². The Labute approximate surface area is 92.6 Å². The Morgan fingerprint density at radius 3 is 2.73 bits per heavy atom. The van der Waals surface area contributed by atoms with E-state index in [4.69, 9.17) is 4.74 Å². The topological polar surface area (TPSA) is 38.3 Å². The number of Topliss-reactive ketones (excluding diaryl/α,β-unsaturated/α-hetero) is 1. The molecule has 0 spiro atoms. The van der Waals surface area contributed by atoms with Crippen LogP contribution in [0.2, 0.25) is 0 Å². The maximum atomic E-state index is 11.6. The zero-order valence-electron chi connectivity index (χ0n) is 9.76. The van der Waals surface area contributed by atoms with Crippen molar-refractivity contribution >= 4 is 5.78 Å². The summed E-state index contributed by atoms with van der Waals surface area (Å²) in [6.07, 6.45) is 7.27. The summed E-state index contributed by atoms with van der Waals surface area (Å²) in [6.45, 7) is 1.96. The van der Waals surface area contributed by atoms with Crippen LogP contribution in [0.3, 0.4) is 0 Å². The monoisotopic (exact) mass is 213 g/mol. The van der Waals surface area contributed by atoms with E-state index in [1.807, 2.05) is 0 Å². The van der Waals surface area contributed by atoms with Crippen LogP contribution >= 0.6 is 0 Å². The van der Waals surface area contributed by atoms with Crippen LogP contribution in [0.1, 0.15) is 38.5 Å². The highest BCUT2D eigenvalue weighted by atomic mass is 16.5. The van der Waals surface area contributed by atoms with Crippen LogP contribution in [0.5, 0.6) is 0 Å². The second kappa shape index (κ2) is 7.83. The lowest BCUT2D eigenvalue weighted by atomic mass is 9.86. The molecular formula is C12H23NO2. The SMILES string of the molecule is COCCNCC(=O)CC1CCCCC1. The molecule has 0 bridgehead atoms. The molecule has 0 amide bonds. The lowest BCUT2D eigenvalue weighted by Gasteiger charge is -2.20. The first kappa shape index (κ1) is 12.7. The fourth-order valence-corrected chi connectivity index (χ4v) is 2.19. The van der Waals surface area contributed by atoms with Gasteiger partial charge in [-0.05, 0) is 5.92 Å². The molecule has 0 heterocycles. The van der Waals surface area contributed by atoms with Gasteiger partial charge in [0.15, 0.2) is 0 Å². The molecule has 1 saturated carbocycles. The summed E-state index contributed by atoms with van der Waals surface area (Å²) in [6, 6.07) is 0. The van der Waals surface area contributed by atoms with Crippen molar-refractivity contribution in [3.63, 3.8) is 0 Å². The molecule has 3 nitrogen and oxygen atoms in total. The number of ketones is 1. The van der Waals surface area contributed by atoms with Crippen LogP contribution in [0.4, 0.5) is 0 Å². The van der Waals surface area contributed by atoms with Gasteiger partial charge in [0.2, 0.25) is 0 Å². The maximum absolute atomic E-state index is 11.6. The van der Waals surface area contributed by atoms with Gasteiger partial charge in [0.1, 0.15) is 5.78 Å². The van der Waals surface area contributed by atoms with E-state index in [9.17, 15) is 4.79 Å². The van der Waals surface area contributed by atoms with Gasteiger partial charge in [-0.3, -0.25) is 4.79 Å². The van der Waals surface area contributed by atoms with Gasteiger partial charge in [-0.2, -0.15) is 0 Å². The minimum atomic E-state index is 0.359. The third-order valence-electron chi connectivity index (χ3n) is 3.05. The van der Waals surface area contributed by atoms with Crippen LogP contribution in [0, 0.1) is 5.92 Å². The van der Waals surface area contributed by atoms with Crippen LogP contribution in [-0.4, -0.2) is 32.6 Å². The van der Waals surface area contributed by atoms with Crippen LogP contribution in [0.15, 0.2) is 0 Å². The molecule has 0 saturated heterocycles. The number of nitrogens with one attached hydrogen (secondary N) is 1. The molecule has 0 radical (unpaired) electrons. The highest BCUT2D eigenvalue weighted by molar-refractivity contribution is 5.80. The number of ether oxygens (including phenoxy) is 1. The van der Waals surface area contributed by atoms with Crippen molar-refractivity contribution in [2.24, 2.45) is 5.92 Å². The molecule has 0 aromatic carbocycles. The van der Waals surface area contributed by atoms with Crippen molar-refractivity contribution in [2.75, 3.05) is 26.8 Å². The van der Waals surface area contributed by atoms with E-state index in [0.29, 0.717) is 24.9 Å². The first-order valence-corrected chi connectivity index (χ1v) is 6.04. The fraction of sp³-hybridized carbons (Fsp3) is 0.917. The number of hydrogen-bond acceptors (Lipinski definition) is 3. The summed E-state index contributed by atoms with van der Waals surface area (Å²) >= 11 is 0. The molecule has 88 valence electrons. The van der Waals surface area contributed by atoms with Crippen molar-refractivity contribution in [3.8, 4) is 0 Å². The molecule has 0 aromatic rings. The zero-order chi connectivity index (χ0) is 10.9. The van der Waals surface area contributed by atoms with Crippen LogP contribution in [-0.2, 0) is 9.53 Å². The second-order valence-corrected chi connectivity index (χ2v) is 4.42. The third-order valence-corrected chi connectivity index (χ3v) is 3.05. The number of carbonyl (C=O) groups is 1. The molecule has 0 unspecified atom stereocenters. The highest BCUT2D eigenvalue weighted by Gasteiger charge is 2.16. The molecule has 0 aromatic heterocycles. The van der Waals surface area contributed by atoms with Gasteiger partial charge in [-0.15, -0.1) is 0 Å². The predicted molar refractivity (Wildman–Crippen MR) is 60.9 cm³/mol. The Hall–Kier alpha value is -0.410. The van der Waals surface area contributed by atoms with E-state index in [2.05, 4.69) is 5.32 Å². The van der Waals surface area contributed by atoms with Gasteiger partial charge in [-0.1, -0.05) is 32.1 Å². The normalized spacial score (nSPS) is 17.9. The smallest absolute Gasteiger partial charge is 0.146 e. The zero-order valence-corrected chi connectivity index (χ0v) is 9.76. The summed E-state index contributed by atoms with van der Waals surface area (Å²) in [7, 11) is 1.67. The summed E-state index contributed by atoms with van der Waals surface area (Å²) in [4.78, 5) is 11.6. The van der Waals surface area contributed by atoms with E-state index in [1.165, 1.54) is 32.1 Å². The Bertz CT molecular complexity index is 176. The largest absolute Gasteiger partial charge is 0.383 e. The summed E-state index contributed by atoms with van der Waals surface area (Å²) in [5.41, 5.74) is 0. The van der Waals surface area contributed by atoms with Crippen LogP contribution in [0.25, 0.3) is 0 Å². The van der Waals surface area contributed by atoms with E-state index < -0.39 is 0 Å². The molecule has 1 aliphatic rings. The third kappa shape index (κ3) is 5.90. The second-order valence-electron chi connectivity index (χ2n) is 4.42. The highest BCUT2D eigenvalue weighted by Crippen LogP contribution is 2.26. The first-order chi connectivity index (χ1) is 7.33. The number of hydrogen-bond donors (Lipinski definition) is 1. The maximum Gasteiger partial charge on any atom is 0.146 e. The molecule has 0 atom stereocenters. The van der Waals surface area contributed by atoms with Crippen molar-refractivity contribution in [2.45, 2.75) is 38.5 Å². The average molecular weight is 213 g/mol. The fourth-order valence-electron chi connectivity index (χ4n) is 2.19.